The van der Waals surface area contributed by atoms with Crippen molar-refractivity contribution in [2.45, 2.75) is 19.8 Å². The molecule has 1 N–H and O–H groups in total. The van der Waals surface area contributed by atoms with Crippen LogP contribution in [0.2, 0.25) is 0 Å². The van der Waals surface area contributed by atoms with E-state index in [2.05, 4.69) is 6.58 Å². The second-order valence-corrected chi connectivity index (χ2v) is 4.00. The number of aromatic hydroxyl groups is 1. The lowest BCUT2D eigenvalue weighted by atomic mass is 10.0. The highest BCUT2D eigenvalue weighted by Gasteiger charge is 2.10. The molecule has 0 atom stereocenters. The molecule has 0 aliphatic rings. The Bertz CT molecular complexity index is 623. The highest BCUT2D eigenvalue weighted by Crippen LogP contribution is 2.23. The van der Waals surface area contributed by atoms with E-state index < -0.39 is 0 Å². The molecule has 3 nitrogen and oxygen atoms in total. The number of aryl methyl sites for hydroxylation is 1. The fraction of sp³-hybridized carbons (Fsp3) is 0.214. The lowest BCUT2D eigenvalue weighted by Gasteiger charge is -2.06. The smallest absolute Gasteiger partial charge is 0.339 e. The maximum atomic E-state index is 11.8. The molecule has 1 aromatic carbocycles. The van der Waals surface area contributed by atoms with Gasteiger partial charge in [0.2, 0.25) is 0 Å². The van der Waals surface area contributed by atoms with E-state index in [0.717, 1.165) is 17.4 Å². The molecule has 3 heteroatoms. The summed E-state index contributed by atoms with van der Waals surface area (Å²) in [6, 6.07) is 4.81. The molecule has 0 fully saturated rings. The molecule has 0 bridgehead atoms. The average molecular weight is 230 g/mol. The van der Waals surface area contributed by atoms with Crippen molar-refractivity contribution in [3.05, 3.63) is 52.4 Å². The topological polar surface area (TPSA) is 50.4 Å². The second-order valence-electron chi connectivity index (χ2n) is 4.00. The van der Waals surface area contributed by atoms with E-state index in [0.29, 0.717) is 17.6 Å². The van der Waals surface area contributed by atoms with Crippen LogP contribution in [-0.4, -0.2) is 5.11 Å². The molecule has 0 radical (unpaired) electrons. The van der Waals surface area contributed by atoms with E-state index >= 15 is 0 Å². The van der Waals surface area contributed by atoms with E-state index in [9.17, 15) is 9.90 Å². The van der Waals surface area contributed by atoms with Crippen LogP contribution < -0.4 is 5.63 Å². The normalized spacial score (nSPS) is 10.6. The first-order valence-corrected chi connectivity index (χ1v) is 5.49. The number of benzene rings is 1. The fourth-order valence-electron chi connectivity index (χ4n) is 1.92. The molecule has 2 aromatic rings. The van der Waals surface area contributed by atoms with Gasteiger partial charge in [-0.3, -0.25) is 0 Å². The standard InChI is InChI=1S/C14H14O3/c1-3-4-5-12-9(2)11-7-6-10(15)8-13(11)17-14(12)16/h3,6-8,15H,1,4-5H2,2H3. The maximum Gasteiger partial charge on any atom is 0.339 e. The van der Waals surface area contributed by atoms with Crippen molar-refractivity contribution in [2.24, 2.45) is 0 Å². The van der Waals surface area contributed by atoms with E-state index in [1.54, 1.807) is 18.2 Å². The van der Waals surface area contributed by atoms with Crippen LogP contribution in [0.4, 0.5) is 0 Å². The Balaban J connectivity index is 2.67. The first-order valence-electron chi connectivity index (χ1n) is 5.49. The van der Waals surface area contributed by atoms with Crippen LogP contribution in [0.15, 0.2) is 40.1 Å². The number of fused-ring (bicyclic) bond motifs is 1. The zero-order valence-corrected chi connectivity index (χ0v) is 9.69. The minimum absolute atomic E-state index is 0.0962. The first kappa shape index (κ1) is 11.5. The molecule has 0 aliphatic carbocycles. The van der Waals surface area contributed by atoms with Crippen molar-refractivity contribution in [2.75, 3.05) is 0 Å². The molecule has 2 rings (SSSR count). The molecule has 0 spiro atoms. The molecule has 0 amide bonds. The van der Waals surface area contributed by atoms with Gasteiger partial charge < -0.3 is 9.52 Å². The average Bonchev–Trinajstić information content (AvgIpc) is 2.28. The summed E-state index contributed by atoms with van der Waals surface area (Å²) >= 11 is 0. The molecule has 1 heterocycles. The third kappa shape index (κ3) is 2.09. The minimum Gasteiger partial charge on any atom is -0.508 e. The number of allylic oxidation sites excluding steroid dienone is 1. The van der Waals surface area contributed by atoms with Crippen LogP contribution in [0.5, 0.6) is 5.75 Å². The monoisotopic (exact) mass is 230 g/mol. The third-order valence-corrected chi connectivity index (χ3v) is 2.87. The number of hydrogen-bond donors (Lipinski definition) is 1. The van der Waals surface area contributed by atoms with Crippen LogP contribution in [0.25, 0.3) is 11.0 Å². The van der Waals surface area contributed by atoms with Gasteiger partial charge in [0.15, 0.2) is 0 Å². The molecule has 17 heavy (non-hydrogen) atoms. The highest BCUT2D eigenvalue weighted by atomic mass is 16.4. The predicted octanol–water partition coefficient (Wildman–Crippen LogP) is 2.93. The number of phenolic OH excluding ortho intramolecular Hbond substituents is 1. The molecule has 1 aromatic heterocycles. The molecule has 0 saturated heterocycles. The second kappa shape index (κ2) is 4.45. The van der Waals surface area contributed by atoms with Crippen molar-refractivity contribution >= 4 is 11.0 Å². The number of rotatable bonds is 3. The summed E-state index contributed by atoms with van der Waals surface area (Å²) in [5.41, 5.74) is 1.69. The lowest BCUT2D eigenvalue weighted by molar-refractivity contribution is 0.472. The van der Waals surface area contributed by atoms with Gasteiger partial charge in [0.25, 0.3) is 0 Å². The Morgan fingerprint density at radius 3 is 2.94 bits per heavy atom. The quantitative estimate of drug-likeness (QED) is 0.651. The maximum absolute atomic E-state index is 11.8. The summed E-state index contributed by atoms with van der Waals surface area (Å²) in [5.74, 6) is 0.0962. The Morgan fingerprint density at radius 1 is 1.47 bits per heavy atom. The van der Waals surface area contributed by atoms with Crippen molar-refractivity contribution in [3.63, 3.8) is 0 Å². The van der Waals surface area contributed by atoms with E-state index in [4.69, 9.17) is 4.42 Å². The molecule has 0 unspecified atom stereocenters. The SMILES string of the molecule is C=CCCc1c(C)c2ccc(O)cc2oc1=O. The van der Waals surface area contributed by atoms with Gasteiger partial charge in [-0.15, -0.1) is 6.58 Å². The highest BCUT2D eigenvalue weighted by molar-refractivity contribution is 5.82. The van der Waals surface area contributed by atoms with E-state index in [1.807, 2.05) is 6.92 Å². The van der Waals surface area contributed by atoms with Gasteiger partial charge >= 0.3 is 5.63 Å². The van der Waals surface area contributed by atoms with Gasteiger partial charge in [0, 0.05) is 17.0 Å². The summed E-state index contributed by atoms with van der Waals surface area (Å²) in [6.45, 7) is 5.54. The minimum atomic E-state index is -0.331. The van der Waals surface area contributed by atoms with Gasteiger partial charge in [-0.25, -0.2) is 4.79 Å². The van der Waals surface area contributed by atoms with Crippen LogP contribution in [0, 0.1) is 6.92 Å². The van der Waals surface area contributed by atoms with Crippen LogP contribution in [0.1, 0.15) is 17.5 Å². The molecule has 0 saturated carbocycles. The number of hydrogen-bond acceptors (Lipinski definition) is 3. The fourth-order valence-corrected chi connectivity index (χ4v) is 1.92. The van der Waals surface area contributed by atoms with E-state index in [-0.39, 0.29) is 11.4 Å². The molecule has 88 valence electrons. The Hall–Kier alpha value is -2.03. The van der Waals surface area contributed by atoms with Gasteiger partial charge in [-0.2, -0.15) is 0 Å². The van der Waals surface area contributed by atoms with Gasteiger partial charge in [0.1, 0.15) is 11.3 Å². The van der Waals surface area contributed by atoms with Crippen molar-refractivity contribution < 1.29 is 9.52 Å². The van der Waals surface area contributed by atoms with E-state index in [1.165, 1.54) is 6.07 Å². The first-order chi connectivity index (χ1) is 8.13. The summed E-state index contributed by atoms with van der Waals surface area (Å²) in [4.78, 5) is 11.8. The van der Waals surface area contributed by atoms with Crippen molar-refractivity contribution in [3.8, 4) is 5.75 Å². The van der Waals surface area contributed by atoms with Crippen molar-refractivity contribution in [1.82, 2.24) is 0 Å². The summed E-state index contributed by atoms with van der Waals surface area (Å²) in [6.07, 6.45) is 3.16. The van der Waals surface area contributed by atoms with Crippen LogP contribution in [-0.2, 0) is 6.42 Å². The largest absolute Gasteiger partial charge is 0.508 e. The summed E-state index contributed by atoms with van der Waals surface area (Å²) in [7, 11) is 0. The van der Waals surface area contributed by atoms with Crippen molar-refractivity contribution in [1.29, 1.82) is 0 Å². The van der Waals surface area contributed by atoms with Gasteiger partial charge in [-0.05, 0) is 37.5 Å². The lowest BCUT2D eigenvalue weighted by Crippen LogP contribution is -2.09. The Morgan fingerprint density at radius 2 is 2.24 bits per heavy atom. The van der Waals surface area contributed by atoms with Gasteiger partial charge in [0.05, 0.1) is 0 Å². The zero-order valence-electron chi connectivity index (χ0n) is 9.69. The molecular weight excluding hydrogens is 216 g/mol. The van der Waals surface area contributed by atoms with Gasteiger partial charge in [-0.1, -0.05) is 6.08 Å². The van der Waals surface area contributed by atoms with Crippen LogP contribution in [0.3, 0.4) is 0 Å². The Labute approximate surface area is 99.0 Å². The summed E-state index contributed by atoms with van der Waals surface area (Å²) in [5, 5.41) is 10.2. The summed E-state index contributed by atoms with van der Waals surface area (Å²) < 4.78 is 5.20. The predicted molar refractivity (Wildman–Crippen MR) is 67.4 cm³/mol. The molecular formula is C14H14O3. The molecule has 0 aliphatic heterocycles. The zero-order chi connectivity index (χ0) is 12.4. The van der Waals surface area contributed by atoms with Crippen LogP contribution >= 0.6 is 0 Å². The third-order valence-electron chi connectivity index (χ3n) is 2.87. The Kier molecular flexibility index (Phi) is 3.00. The number of phenols is 1.